The molecule has 1 aromatic heterocycles. The number of benzene rings is 1. The zero-order chi connectivity index (χ0) is 11.7. The van der Waals surface area contributed by atoms with Gasteiger partial charge in [0.05, 0.1) is 10.7 Å². The summed E-state index contributed by atoms with van der Waals surface area (Å²) < 4.78 is 0.929. The second-order valence-corrected chi connectivity index (χ2v) is 3.75. The molecule has 82 valence electrons. The third kappa shape index (κ3) is 1.79. The summed E-state index contributed by atoms with van der Waals surface area (Å²) in [5, 5.41) is 13.4. The smallest absolute Gasteiger partial charge is 0.432 e. The summed E-state index contributed by atoms with van der Waals surface area (Å²) in [6.07, 6.45) is -1.10. The van der Waals surface area contributed by atoms with Crippen LogP contribution in [0.25, 0.3) is 11.3 Å². The number of hydrogen-bond acceptors (Lipinski definition) is 2. The minimum Gasteiger partial charge on any atom is -0.463 e. The Morgan fingerprint density at radius 1 is 1.44 bits per heavy atom. The van der Waals surface area contributed by atoms with Crippen LogP contribution in [-0.4, -0.2) is 21.0 Å². The highest BCUT2D eigenvalue weighted by Crippen LogP contribution is 2.26. The first kappa shape index (κ1) is 10.7. The SMILES string of the molecule is Cc1cc(-c2ccccc2Cl)nn1C(=O)O. The van der Waals surface area contributed by atoms with Crippen molar-refractivity contribution in [2.24, 2.45) is 0 Å². The van der Waals surface area contributed by atoms with E-state index in [1.54, 1.807) is 25.1 Å². The van der Waals surface area contributed by atoms with Crippen LogP contribution in [0.2, 0.25) is 5.02 Å². The number of carboxylic acid groups (broad SMARTS) is 1. The Labute approximate surface area is 97.1 Å². The second kappa shape index (κ2) is 3.98. The van der Waals surface area contributed by atoms with Gasteiger partial charge in [-0.1, -0.05) is 29.8 Å². The van der Waals surface area contributed by atoms with E-state index in [0.29, 0.717) is 16.4 Å². The molecule has 1 aromatic carbocycles. The third-order valence-electron chi connectivity index (χ3n) is 2.22. The van der Waals surface area contributed by atoms with Gasteiger partial charge in [0.1, 0.15) is 0 Å². The first-order chi connectivity index (χ1) is 7.59. The highest BCUT2D eigenvalue weighted by molar-refractivity contribution is 6.33. The lowest BCUT2D eigenvalue weighted by Gasteiger charge is -1.98. The summed E-state index contributed by atoms with van der Waals surface area (Å²) in [4.78, 5) is 10.8. The fourth-order valence-electron chi connectivity index (χ4n) is 1.47. The van der Waals surface area contributed by atoms with Gasteiger partial charge in [-0.05, 0) is 19.1 Å². The minimum absolute atomic E-state index is 0.553. The maximum absolute atomic E-state index is 10.8. The van der Waals surface area contributed by atoms with Crippen molar-refractivity contribution < 1.29 is 9.90 Å². The highest BCUT2D eigenvalue weighted by Gasteiger charge is 2.12. The van der Waals surface area contributed by atoms with E-state index >= 15 is 0 Å². The number of hydrogen-bond donors (Lipinski definition) is 1. The van der Waals surface area contributed by atoms with Crippen molar-refractivity contribution in [1.29, 1.82) is 0 Å². The summed E-state index contributed by atoms with van der Waals surface area (Å²) in [6.45, 7) is 1.68. The van der Waals surface area contributed by atoms with E-state index in [1.807, 2.05) is 12.1 Å². The van der Waals surface area contributed by atoms with Gasteiger partial charge in [0.2, 0.25) is 0 Å². The lowest BCUT2D eigenvalue weighted by molar-refractivity contribution is 0.192. The van der Waals surface area contributed by atoms with Crippen LogP contribution in [0.4, 0.5) is 4.79 Å². The standard InChI is InChI=1S/C11H9ClN2O2/c1-7-6-10(13-14(7)11(15)16)8-4-2-3-5-9(8)12/h2-6H,1H3,(H,15,16). The molecule has 0 saturated heterocycles. The average Bonchev–Trinajstić information content (AvgIpc) is 2.61. The molecule has 1 heterocycles. The van der Waals surface area contributed by atoms with Gasteiger partial charge in [-0.2, -0.15) is 9.78 Å². The van der Waals surface area contributed by atoms with E-state index < -0.39 is 6.09 Å². The van der Waals surface area contributed by atoms with Crippen LogP contribution < -0.4 is 0 Å². The van der Waals surface area contributed by atoms with E-state index in [1.165, 1.54) is 0 Å². The molecule has 0 unspecified atom stereocenters. The zero-order valence-corrected chi connectivity index (χ0v) is 9.27. The quantitative estimate of drug-likeness (QED) is 0.828. The van der Waals surface area contributed by atoms with E-state index in [0.717, 1.165) is 10.2 Å². The summed E-state index contributed by atoms with van der Waals surface area (Å²) >= 11 is 6.00. The fourth-order valence-corrected chi connectivity index (χ4v) is 1.70. The largest absolute Gasteiger partial charge is 0.463 e. The Kier molecular flexibility index (Phi) is 2.66. The van der Waals surface area contributed by atoms with Crippen molar-refractivity contribution in [3.8, 4) is 11.3 Å². The Morgan fingerprint density at radius 3 is 2.69 bits per heavy atom. The van der Waals surface area contributed by atoms with Crippen LogP contribution in [0.5, 0.6) is 0 Å². The van der Waals surface area contributed by atoms with Gasteiger partial charge in [0.15, 0.2) is 0 Å². The minimum atomic E-state index is -1.10. The molecule has 4 nitrogen and oxygen atoms in total. The van der Waals surface area contributed by atoms with Gasteiger partial charge < -0.3 is 5.11 Å². The van der Waals surface area contributed by atoms with Gasteiger partial charge in [0, 0.05) is 11.3 Å². The van der Waals surface area contributed by atoms with Crippen molar-refractivity contribution in [2.45, 2.75) is 6.92 Å². The summed E-state index contributed by atoms with van der Waals surface area (Å²) in [5.41, 5.74) is 1.85. The second-order valence-electron chi connectivity index (χ2n) is 3.35. The first-order valence-electron chi connectivity index (χ1n) is 4.64. The van der Waals surface area contributed by atoms with Gasteiger partial charge in [-0.25, -0.2) is 4.79 Å². The van der Waals surface area contributed by atoms with Crippen LogP contribution in [0.3, 0.4) is 0 Å². The summed E-state index contributed by atoms with van der Waals surface area (Å²) in [6, 6.07) is 8.88. The molecule has 2 rings (SSSR count). The predicted octanol–water partition coefficient (Wildman–Crippen LogP) is 3.04. The highest BCUT2D eigenvalue weighted by atomic mass is 35.5. The maximum atomic E-state index is 10.8. The molecule has 0 spiro atoms. The van der Waals surface area contributed by atoms with Crippen molar-refractivity contribution in [1.82, 2.24) is 9.78 Å². The van der Waals surface area contributed by atoms with Gasteiger partial charge in [-0.15, -0.1) is 0 Å². The molecule has 0 aliphatic heterocycles. The van der Waals surface area contributed by atoms with E-state index in [-0.39, 0.29) is 0 Å². The van der Waals surface area contributed by atoms with Gasteiger partial charge in [-0.3, -0.25) is 0 Å². The normalized spacial score (nSPS) is 10.4. The molecule has 2 aromatic rings. The molecule has 0 radical (unpaired) electrons. The maximum Gasteiger partial charge on any atom is 0.432 e. The van der Waals surface area contributed by atoms with Crippen LogP contribution in [0.15, 0.2) is 30.3 Å². The molecule has 0 aliphatic carbocycles. The average molecular weight is 237 g/mol. The van der Waals surface area contributed by atoms with Crippen molar-refractivity contribution in [3.05, 3.63) is 41.0 Å². The molecule has 0 fully saturated rings. The Morgan fingerprint density at radius 2 is 2.12 bits per heavy atom. The number of rotatable bonds is 1. The molecule has 1 N–H and O–H groups in total. The zero-order valence-electron chi connectivity index (χ0n) is 8.51. The number of aromatic nitrogens is 2. The van der Waals surface area contributed by atoms with E-state index in [2.05, 4.69) is 5.10 Å². The van der Waals surface area contributed by atoms with Gasteiger partial charge >= 0.3 is 6.09 Å². The lowest BCUT2D eigenvalue weighted by Crippen LogP contribution is -2.11. The lowest BCUT2D eigenvalue weighted by atomic mass is 10.1. The number of halogens is 1. The molecule has 16 heavy (non-hydrogen) atoms. The Balaban J connectivity index is 2.54. The van der Waals surface area contributed by atoms with Crippen molar-refractivity contribution >= 4 is 17.7 Å². The van der Waals surface area contributed by atoms with Gasteiger partial charge in [0.25, 0.3) is 0 Å². The fraction of sp³-hybridized carbons (Fsp3) is 0.0909. The summed E-state index contributed by atoms with van der Waals surface area (Å²) in [5.74, 6) is 0. The Hall–Kier alpha value is -1.81. The molecule has 0 aliphatic rings. The molecule has 5 heteroatoms. The summed E-state index contributed by atoms with van der Waals surface area (Å²) in [7, 11) is 0. The molecular formula is C11H9ClN2O2. The van der Waals surface area contributed by atoms with Crippen LogP contribution >= 0.6 is 11.6 Å². The van der Waals surface area contributed by atoms with Crippen LogP contribution in [0, 0.1) is 6.92 Å². The van der Waals surface area contributed by atoms with Crippen molar-refractivity contribution in [3.63, 3.8) is 0 Å². The monoisotopic (exact) mass is 236 g/mol. The molecule has 0 bridgehead atoms. The number of nitrogens with zero attached hydrogens (tertiary/aromatic N) is 2. The molecular weight excluding hydrogens is 228 g/mol. The van der Waals surface area contributed by atoms with E-state index in [9.17, 15) is 4.79 Å². The van der Waals surface area contributed by atoms with Crippen molar-refractivity contribution in [2.75, 3.05) is 0 Å². The Bertz CT molecular complexity index is 549. The first-order valence-corrected chi connectivity index (χ1v) is 5.02. The topological polar surface area (TPSA) is 55.1 Å². The third-order valence-corrected chi connectivity index (χ3v) is 2.55. The van der Waals surface area contributed by atoms with Crippen LogP contribution in [0.1, 0.15) is 5.69 Å². The van der Waals surface area contributed by atoms with E-state index in [4.69, 9.17) is 16.7 Å². The molecule has 0 saturated carbocycles. The van der Waals surface area contributed by atoms with Crippen LogP contribution in [-0.2, 0) is 0 Å². The molecule has 0 amide bonds. The predicted molar refractivity (Wildman–Crippen MR) is 60.8 cm³/mol. The number of aryl methyl sites for hydroxylation is 1. The molecule has 0 atom stereocenters. The number of carbonyl (C=O) groups is 1.